The highest BCUT2D eigenvalue weighted by molar-refractivity contribution is 5.93. The van der Waals surface area contributed by atoms with Gasteiger partial charge in [0.2, 0.25) is 6.41 Å². The number of hydrogen-bond acceptors (Lipinski definition) is 4. The van der Waals surface area contributed by atoms with Gasteiger partial charge in [0.15, 0.2) is 0 Å². The van der Waals surface area contributed by atoms with E-state index in [1.165, 1.54) is 6.20 Å². The number of ether oxygens (including phenoxy) is 1. The summed E-state index contributed by atoms with van der Waals surface area (Å²) in [6.45, 7) is 9.97. The van der Waals surface area contributed by atoms with Crippen molar-refractivity contribution in [3.8, 4) is 12.3 Å². The Labute approximate surface area is 156 Å². The molecular formula is C19H31N3O4. The highest BCUT2D eigenvalue weighted by Crippen LogP contribution is 2.18. The number of amides is 3. The summed E-state index contributed by atoms with van der Waals surface area (Å²) in [6, 6.07) is 0.103. The molecular weight excluding hydrogens is 334 g/mol. The van der Waals surface area contributed by atoms with Gasteiger partial charge in [-0.3, -0.25) is 9.59 Å². The molecule has 2 unspecified atom stereocenters. The predicted octanol–water partition coefficient (Wildman–Crippen LogP) is 2.24. The first-order valence-electron chi connectivity index (χ1n) is 8.27. The Hall–Kier alpha value is -2.75. The second-order valence-corrected chi connectivity index (χ2v) is 6.49. The minimum Gasteiger partial charge on any atom is -0.446 e. The lowest BCUT2D eigenvalue weighted by atomic mass is 9.88. The summed E-state index contributed by atoms with van der Waals surface area (Å²) in [5.41, 5.74) is 4.98. The van der Waals surface area contributed by atoms with Crippen LogP contribution < -0.4 is 16.4 Å². The molecule has 7 nitrogen and oxygen atoms in total. The van der Waals surface area contributed by atoms with Crippen molar-refractivity contribution in [2.75, 3.05) is 0 Å². The molecule has 0 heterocycles. The van der Waals surface area contributed by atoms with E-state index in [1.807, 2.05) is 31.9 Å². The Morgan fingerprint density at radius 3 is 2.27 bits per heavy atom. The van der Waals surface area contributed by atoms with Gasteiger partial charge in [-0.25, -0.2) is 4.79 Å². The fourth-order valence-corrected chi connectivity index (χ4v) is 1.43. The van der Waals surface area contributed by atoms with E-state index < -0.39 is 6.09 Å². The monoisotopic (exact) mass is 365 g/mol. The fourth-order valence-electron chi connectivity index (χ4n) is 1.43. The van der Waals surface area contributed by atoms with Crippen LogP contribution in [-0.4, -0.2) is 30.6 Å². The molecule has 0 aromatic carbocycles. The SMILES string of the molecule is C#CC(=O)NC(C)C(C)(C)C.C/C=C\CC(C/C=C\NC=O)OC(N)=O. The first-order chi connectivity index (χ1) is 12.1. The Morgan fingerprint density at radius 2 is 1.85 bits per heavy atom. The smallest absolute Gasteiger partial charge is 0.404 e. The lowest BCUT2D eigenvalue weighted by molar-refractivity contribution is -0.117. The molecule has 0 bridgehead atoms. The van der Waals surface area contributed by atoms with Crippen LogP contribution in [0.1, 0.15) is 47.5 Å². The van der Waals surface area contributed by atoms with Gasteiger partial charge < -0.3 is 21.1 Å². The van der Waals surface area contributed by atoms with Crippen molar-refractivity contribution < 1.29 is 19.1 Å². The summed E-state index contributed by atoms with van der Waals surface area (Å²) in [5.74, 6) is 1.68. The number of carbonyl (C=O) groups excluding carboxylic acids is 3. The molecule has 0 fully saturated rings. The lowest BCUT2D eigenvalue weighted by Crippen LogP contribution is -2.40. The average molecular weight is 365 g/mol. The van der Waals surface area contributed by atoms with Gasteiger partial charge in [0, 0.05) is 18.9 Å². The maximum Gasteiger partial charge on any atom is 0.404 e. The molecule has 0 aromatic heterocycles. The minimum atomic E-state index is -0.791. The minimum absolute atomic E-state index is 0.0620. The van der Waals surface area contributed by atoms with Crippen LogP contribution in [-0.2, 0) is 14.3 Å². The largest absolute Gasteiger partial charge is 0.446 e. The van der Waals surface area contributed by atoms with Crippen LogP contribution in [0.3, 0.4) is 0 Å². The Bertz CT molecular complexity index is 528. The van der Waals surface area contributed by atoms with Crippen molar-refractivity contribution in [2.45, 2.75) is 59.6 Å². The van der Waals surface area contributed by atoms with Crippen molar-refractivity contribution in [3.63, 3.8) is 0 Å². The van der Waals surface area contributed by atoms with Crippen LogP contribution in [0.5, 0.6) is 0 Å². The molecule has 0 spiro atoms. The van der Waals surface area contributed by atoms with Gasteiger partial charge in [-0.1, -0.05) is 39.0 Å². The maximum absolute atomic E-state index is 10.7. The third kappa shape index (κ3) is 16.1. The topological polar surface area (TPSA) is 111 Å². The summed E-state index contributed by atoms with van der Waals surface area (Å²) < 4.78 is 4.85. The van der Waals surface area contributed by atoms with E-state index in [0.29, 0.717) is 19.3 Å². The van der Waals surface area contributed by atoms with E-state index >= 15 is 0 Å². The first-order valence-corrected chi connectivity index (χ1v) is 8.27. The lowest BCUT2D eigenvalue weighted by Gasteiger charge is -2.27. The molecule has 0 aliphatic rings. The van der Waals surface area contributed by atoms with Gasteiger partial charge in [-0.2, -0.15) is 0 Å². The van der Waals surface area contributed by atoms with Crippen LogP contribution in [0, 0.1) is 17.8 Å². The quantitative estimate of drug-likeness (QED) is 0.348. The average Bonchev–Trinajstić information content (AvgIpc) is 2.55. The van der Waals surface area contributed by atoms with E-state index in [4.69, 9.17) is 16.9 Å². The molecule has 146 valence electrons. The maximum atomic E-state index is 10.7. The number of primary amides is 1. The Kier molecular flexibility index (Phi) is 14.3. The highest BCUT2D eigenvalue weighted by atomic mass is 16.6. The number of hydrogen-bond donors (Lipinski definition) is 3. The third-order valence-corrected chi connectivity index (χ3v) is 3.38. The fraction of sp³-hybridized carbons (Fsp3) is 0.526. The molecule has 0 aliphatic heterocycles. The zero-order valence-electron chi connectivity index (χ0n) is 16.2. The van der Waals surface area contributed by atoms with E-state index in [9.17, 15) is 14.4 Å². The number of nitrogens with two attached hydrogens (primary N) is 1. The molecule has 7 heteroatoms. The molecule has 2 atom stereocenters. The summed E-state index contributed by atoms with van der Waals surface area (Å²) >= 11 is 0. The molecule has 4 N–H and O–H groups in total. The van der Waals surface area contributed by atoms with E-state index in [-0.39, 0.29) is 23.5 Å². The van der Waals surface area contributed by atoms with Crippen LogP contribution >= 0.6 is 0 Å². The second kappa shape index (κ2) is 14.6. The van der Waals surface area contributed by atoms with Crippen molar-refractivity contribution in [1.29, 1.82) is 0 Å². The molecule has 0 aliphatic carbocycles. The standard InChI is InChI=1S/C10H16N2O3.C9H15NO/c1-2-3-5-9(15-10(11)14)6-4-7-12-8-13;1-6-8(11)10-7(2)9(3,4)5/h2-4,7-9H,5-6H2,1H3,(H2,11,14)(H,12,13);1,7H,2-5H3,(H,10,11)/b3-2-,7-4-;. The van der Waals surface area contributed by atoms with Crippen LogP contribution in [0.15, 0.2) is 24.4 Å². The van der Waals surface area contributed by atoms with Gasteiger partial charge in [-0.15, -0.1) is 6.42 Å². The second-order valence-electron chi connectivity index (χ2n) is 6.49. The van der Waals surface area contributed by atoms with E-state index in [0.717, 1.165) is 0 Å². The normalized spacial score (nSPS) is 13.1. The van der Waals surface area contributed by atoms with E-state index in [1.54, 1.807) is 6.08 Å². The molecule has 26 heavy (non-hydrogen) atoms. The molecule has 0 rings (SSSR count). The molecule has 0 saturated carbocycles. The van der Waals surface area contributed by atoms with Gasteiger partial charge in [0.05, 0.1) is 0 Å². The van der Waals surface area contributed by atoms with Crippen LogP contribution in [0.4, 0.5) is 4.79 Å². The number of carbonyl (C=O) groups is 3. The highest BCUT2D eigenvalue weighted by Gasteiger charge is 2.20. The van der Waals surface area contributed by atoms with Crippen LogP contribution in [0.25, 0.3) is 0 Å². The van der Waals surface area contributed by atoms with Gasteiger partial charge in [-0.05, 0) is 31.4 Å². The van der Waals surface area contributed by atoms with Gasteiger partial charge in [0.25, 0.3) is 5.91 Å². The first kappa shape index (κ1) is 25.5. The molecule has 0 radical (unpaired) electrons. The number of terminal acetylenes is 1. The summed E-state index contributed by atoms with van der Waals surface area (Å²) in [7, 11) is 0. The van der Waals surface area contributed by atoms with E-state index in [2.05, 4.69) is 31.4 Å². The number of allylic oxidation sites excluding steroid dienone is 1. The Balaban J connectivity index is 0. The molecule has 3 amide bonds. The zero-order chi connectivity index (χ0) is 20.6. The van der Waals surface area contributed by atoms with Crippen molar-refractivity contribution in [1.82, 2.24) is 10.6 Å². The number of rotatable bonds is 8. The van der Waals surface area contributed by atoms with Gasteiger partial charge in [0.1, 0.15) is 6.10 Å². The van der Waals surface area contributed by atoms with Gasteiger partial charge >= 0.3 is 6.09 Å². The van der Waals surface area contributed by atoms with Crippen LogP contribution in [0.2, 0.25) is 0 Å². The molecule has 0 aromatic rings. The van der Waals surface area contributed by atoms with Crippen molar-refractivity contribution in [3.05, 3.63) is 24.4 Å². The zero-order valence-corrected chi connectivity index (χ0v) is 16.2. The summed E-state index contributed by atoms with van der Waals surface area (Å²) in [6.07, 6.45) is 12.4. The Morgan fingerprint density at radius 1 is 1.27 bits per heavy atom. The number of nitrogens with one attached hydrogen (secondary N) is 2. The van der Waals surface area contributed by atoms with Crippen molar-refractivity contribution in [2.24, 2.45) is 11.1 Å². The van der Waals surface area contributed by atoms with Crippen molar-refractivity contribution >= 4 is 18.4 Å². The summed E-state index contributed by atoms with van der Waals surface area (Å²) in [4.78, 5) is 31.2. The predicted molar refractivity (Wildman–Crippen MR) is 103 cm³/mol. The summed E-state index contributed by atoms with van der Waals surface area (Å²) in [5, 5.41) is 5.06. The third-order valence-electron chi connectivity index (χ3n) is 3.38. The molecule has 0 saturated heterocycles.